The van der Waals surface area contributed by atoms with E-state index >= 15 is 0 Å². The quantitative estimate of drug-likeness (QED) is 0.209. The molecular formula is C30H27F3N4O4S. The molecule has 3 amide bonds. The number of hydrogen-bond donors (Lipinski definition) is 4. The smallest absolute Gasteiger partial charge is 0.352 e. The van der Waals surface area contributed by atoms with Crippen LogP contribution in [0.3, 0.4) is 0 Å². The molecule has 0 fully saturated rings. The van der Waals surface area contributed by atoms with Crippen molar-refractivity contribution >= 4 is 27.6 Å². The highest BCUT2D eigenvalue weighted by atomic mass is 32.2. The van der Waals surface area contributed by atoms with Crippen molar-refractivity contribution in [2.75, 3.05) is 11.9 Å². The topological polar surface area (TPSA) is 130 Å². The van der Waals surface area contributed by atoms with Gasteiger partial charge in [0.2, 0.25) is 10.0 Å². The molecule has 0 aliphatic rings. The van der Waals surface area contributed by atoms with Crippen molar-refractivity contribution in [3.8, 4) is 11.1 Å². The van der Waals surface area contributed by atoms with Gasteiger partial charge in [0.25, 0.3) is 5.91 Å². The van der Waals surface area contributed by atoms with E-state index in [0.29, 0.717) is 24.1 Å². The second-order valence-corrected chi connectivity index (χ2v) is 10.8. The first-order chi connectivity index (χ1) is 19.9. The van der Waals surface area contributed by atoms with Gasteiger partial charge in [0, 0.05) is 24.3 Å². The molecule has 218 valence electrons. The number of halogens is 3. The third-order valence-electron chi connectivity index (χ3n) is 6.34. The van der Waals surface area contributed by atoms with Gasteiger partial charge < -0.3 is 16.0 Å². The van der Waals surface area contributed by atoms with E-state index in [1.165, 1.54) is 24.3 Å². The van der Waals surface area contributed by atoms with Crippen LogP contribution in [0.25, 0.3) is 11.1 Å². The number of carbonyl (C=O) groups is 2. The van der Waals surface area contributed by atoms with E-state index in [2.05, 4.69) is 16.0 Å². The molecule has 0 heterocycles. The largest absolute Gasteiger partial charge is 0.416 e. The molecule has 0 atom stereocenters. The maximum atomic E-state index is 13.1. The van der Waals surface area contributed by atoms with Gasteiger partial charge in [-0.3, -0.25) is 4.79 Å². The molecular weight excluding hydrogens is 569 g/mol. The summed E-state index contributed by atoms with van der Waals surface area (Å²) in [7, 11) is -3.78. The fraction of sp³-hybridized carbons (Fsp3) is 0.133. The van der Waals surface area contributed by atoms with Gasteiger partial charge in [0.1, 0.15) is 0 Å². The van der Waals surface area contributed by atoms with Gasteiger partial charge in [-0.2, -0.15) is 13.2 Å². The number of alkyl halides is 3. The molecule has 4 aromatic rings. The van der Waals surface area contributed by atoms with Crippen LogP contribution in [0.5, 0.6) is 0 Å². The van der Waals surface area contributed by atoms with Gasteiger partial charge in [-0.25, -0.2) is 18.4 Å². The van der Waals surface area contributed by atoms with E-state index in [9.17, 15) is 31.2 Å². The summed E-state index contributed by atoms with van der Waals surface area (Å²) in [5.74, 6) is -0.311. The number of amides is 3. The van der Waals surface area contributed by atoms with E-state index in [1.807, 2.05) is 6.07 Å². The van der Waals surface area contributed by atoms with Gasteiger partial charge in [-0.1, -0.05) is 54.6 Å². The minimum atomic E-state index is -4.47. The van der Waals surface area contributed by atoms with Crippen molar-refractivity contribution in [1.82, 2.24) is 10.6 Å². The number of sulfonamides is 1. The van der Waals surface area contributed by atoms with Crippen LogP contribution < -0.4 is 21.1 Å². The SMILES string of the molecule is NS(=O)(=O)c1ccc(CCNC(=O)c2ccccc2-c2ccccc2CNC(=O)Nc2ccc(C(F)(F)F)cc2)cc1. The summed E-state index contributed by atoms with van der Waals surface area (Å²) in [6, 6.07) is 23.8. The second-order valence-electron chi connectivity index (χ2n) is 9.28. The van der Waals surface area contributed by atoms with Gasteiger partial charge >= 0.3 is 12.2 Å². The molecule has 0 spiro atoms. The normalized spacial score (nSPS) is 11.5. The molecule has 0 aliphatic heterocycles. The summed E-state index contributed by atoms with van der Waals surface area (Å²) >= 11 is 0. The number of nitrogens with two attached hydrogens (primary N) is 1. The highest BCUT2D eigenvalue weighted by molar-refractivity contribution is 7.89. The van der Waals surface area contributed by atoms with E-state index in [-0.39, 0.29) is 23.0 Å². The summed E-state index contributed by atoms with van der Waals surface area (Å²) in [4.78, 5) is 25.6. The Morgan fingerprint density at radius 1 is 0.762 bits per heavy atom. The molecule has 5 N–H and O–H groups in total. The van der Waals surface area contributed by atoms with Crippen LogP contribution in [0.2, 0.25) is 0 Å². The standard InChI is InChI=1S/C30H27F3N4O4S/c31-30(32,33)22-11-13-23(14-12-22)37-29(39)36-19-21-5-1-2-6-25(21)26-7-3-4-8-27(26)28(38)35-18-17-20-9-15-24(16-10-20)42(34,40)41/h1-16H,17-19H2,(H,35,38)(H2,34,40,41)(H2,36,37,39). The molecule has 8 nitrogen and oxygen atoms in total. The fourth-order valence-electron chi connectivity index (χ4n) is 4.21. The lowest BCUT2D eigenvalue weighted by atomic mass is 9.95. The van der Waals surface area contributed by atoms with Gasteiger partial charge in [0.15, 0.2) is 0 Å². The molecule has 12 heteroatoms. The predicted molar refractivity (Wildman–Crippen MR) is 153 cm³/mol. The minimum absolute atomic E-state index is 0.00874. The van der Waals surface area contributed by atoms with Crippen molar-refractivity contribution in [3.63, 3.8) is 0 Å². The first-order valence-corrected chi connectivity index (χ1v) is 14.3. The first-order valence-electron chi connectivity index (χ1n) is 12.7. The highest BCUT2D eigenvalue weighted by Gasteiger charge is 2.30. The lowest BCUT2D eigenvalue weighted by molar-refractivity contribution is -0.137. The maximum Gasteiger partial charge on any atom is 0.416 e. The number of rotatable bonds is 9. The number of benzene rings is 4. The molecule has 0 radical (unpaired) electrons. The summed E-state index contributed by atoms with van der Waals surface area (Å²) in [5, 5.41) is 13.2. The van der Waals surface area contributed by atoms with Crippen molar-refractivity contribution in [2.45, 2.75) is 24.0 Å². The Bertz CT molecular complexity index is 1670. The molecule has 0 aromatic heterocycles. The number of anilines is 1. The second kappa shape index (κ2) is 12.9. The van der Waals surface area contributed by atoms with Gasteiger partial charge in [-0.15, -0.1) is 0 Å². The zero-order valence-electron chi connectivity index (χ0n) is 22.1. The predicted octanol–water partition coefficient (Wildman–Crippen LogP) is 5.31. The maximum absolute atomic E-state index is 13.1. The summed E-state index contributed by atoms with van der Waals surface area (Å²) in [5.41, 5.74) is 2.71. The first kappa shape index (κ1) is 30.3. The lowest BCUT2D eigenvalue weighted by Crippen LogP contribution is -2.28. The van der Waals surface area contributed by atoms with Crippen molar-refractivity contribution in [3.05, 3.63) is 119 Å². The van der Waals surface area contributed by atoms with Crippen LogP contribution >= 0.6 is 0 Å². The Balaban J connectivity index is 1.40. The van der Waals surface area contributed by atoms with Crippen LogP contribution in [-0.2, 0) is 29.2 Å². The van der Waals surface area contributed by atoms with Crippen LogP contribution in [0.15, 0.2) is 102 Å². The Kier molecular flexibility index (Phi) is 9.28. The lowest BCUT2D eigenvalue weighted by Gasteiger charge is -2.15. The van der Waals surface area contributed by atoms with E-state index in [1.54, 1.807) is 54.6 Å². The third kappa shape index (κ3) is 7.95. The molecule has 0 aliphatic carbocycles. The molecule has 42 heavy (non-hydrogen) atoms. The van der Waals surface area contributed by atoms with Crippen molar-refractivity contribution < 1.29 is 31.2 Å². The monoisotopic (exact) mass is 596 g/mol. The average Bonchev–Trinajstić information content (AvgIpc) is 2.96. The van der Waals surface area contributed by atoms with E-state index in [4.69, 9.17) is 5.14 Å². The van der Waals surface area contributed by atoms with Crippen molar-refractivity contribution in [2.24, 2.45) is 5.14 Å². The Morgan fingerprint density at radius 3 is 2.02 bits per heavy atom. The number of urea groups is 1. The summed E-state index contributed by atoms with van der Waals surface area (Å²) < 4.78 is 61.2. The zero-order chi connectivity index (χ0) is 30.3. The van der Waals surface area contributed by atoms with Crippen LogP contribution in [0, 0.1) is 0 Å². The molecule has 0 unspecified atom stereocenters. The van der Waals surface area contributed by atoms with Crippen LogP contribution in [0.1, 0.15) is 27.0 Å². The molecule has 0 saturated heterocycles. The number of hydrogen-bond acceptors (Lipinski definition) is 4. The number of carbonyl (C=O) groups excluding carboxylic acids is 2. The van der Waals surface area contributed by atoms with E-state index < -0.39 is 27.8 Å². The van der Waals surface area contributed by atoms with Crippen molar-refractivity contribution in [1.29, 1.82) is 0 Å². The average molecular weight is 597 g/mol. The fourth-order valence-corrected chi connectivity index (χ4v) is 4.72. The Morgan fingerprint density at radius 2 is 1.38 bits per heavy atom. The highest BCUT2D eigenvalue weighted by Crippen LogP contribution is 2.30. The van der Waals surface area contributed by atoms with E-state index in [0.717, 1.165) is 28.8 Å². The van der Waals surface area contributed by atoms with Gasteiger partial charge in [-0.05, 0) is 71.1 Å². The Labute approximate surface area is 240 Å². The summed E-state index contributed by atoms with van der Waals surface area (Å²) in [6.07, 6.45) is -4.00. The van der Waals surface area contributed by atoms with Gasteiger partial charge in [0.05, 0.1) is 10.5 Å². The zero-order valence-corrected chi connectivity index (χ0v) is 22.9. The minimum Gasteiger partial charge on any atom is -0.352 e. The number of primary sulfonamides is 1. The number of nitrogens with one attached hydrogen (secondary N) is 3. The molecule has 0 bridgehead atoms. The Hall–Kier alpha value is -4.68. The third-order valence-corrected chi connectivity index (χ3v) is 7.27. The molecule has 4 aromatic carbocycles. The van der Waals surface area contributed by atoms with Crippen LogP contribution in [-0.4, -0.2) is 26.9 Å². The molecule has 0 saturated carbocycles. The molecule has 4 rings (SSSR count). The summed E-state index contributed by atoms with van der Waals surface area (Å²) in [6.45, 7) is 0.391. The van der Waals surface area contributed by atoms with Crippen LogP contribution in [0.4, 0.5) is 23.7 Å².